The van der Waals surface area contributed by atoms with E-state index in [0.717, 1.165) is 11.4 Å². The highest BCUT2D eigenvalue weighted by atomic mass is 16.4. The van der Waals surface area contributed by atoms with Crippen molar-refractivity contribution in [1.82, 2.24) is 9.78 Å². The van der Waals surface area contributed by atoms with Crippen molar-refractivity contribution in [2.75, 3.05) is 0 Å². The van der Waals surface area contributed by atoms with E-state index in [4.69, 9.17) is 0 Å². The normalized spacial score (nSPS) is 13.2. The third kappa shape index (κ3) is 3.26. The molecule has 4 nitrogen and oxygen atoms in total. The molecule has 1 heterocycles. The van der Waals surface area contributed by atoms with Crippen molar-refractivity contribution in [3.8, 4) is 5.69 Å². The molecule has 0 amide bonds. The third-order valence-corrected chi connectivity index (χ3v) is 3.42. The molecule has 0 bridgehead atoms. The van der Waals surface area contributed by atoms with Gasteiger partial charge in [-0.25, -0.2) is 4.68 Å². The van der Waals surface area contributed by atoms with Crippen LogP contribution in [-0.4, -0.2) is 20.9 Å². The lowest BCUT2D eigenvalue weighted by molar-refractivity contribution is -0.145. The zero-order valence-corrected chi connectivity index (χ0v) is 12.1. The minimum Gasteiger partial charge on any atom is -0.481 e. The molecule has 1 N–H and O–H groups in total. The predicted octanol–water partition coefficient (Wildman–Crippen LogP) is 3.16. The Kier molecular flexibility index (Phi) is 3.93. The lowest BCUT2D eigenvalue weighted by Crippen LogP contribution is -2.30. The first-order valence-corrected chi connectivity index (χ1v) is 6.70. The van der Waals surface area contributed by atoms with Crippen molar-refractivity contribution in [2.24, 2.45) is 11.3 Å². The maximum absolute atomic E-state index is 11.4. The van der Waals surface area contributed by atoms with Crippen molar-refractivity contribution in [3.63, 3.8) is 0 Å². The lowest BCUT2D eigenvalue weighted by atomic mass is 9.78. The summed E-state index contributed by atoms with van der Waals surface area (Å²) in [7, 11) is 0. The standard InChI is InChI=1S/C16H20N2O2/c1-16(2,3)14(15(19)20)11-12-9-10-18(17-12)13-7-5-4-6-8-13/h4-10,14H,11H2,1-3H3,(H,19,20). The number of carboxylic acids is 1. The van der Waals surface area contributed by atoms with Crippen LogP contribution in [0.25, 0.3) is 5.69 Å². The van der Waals surface area contributed by atoms with Gasteiger partial charge in [0.25, 0.3) is 0 Å². The predicted molar refractivity (Wildman–Crippen MR) is 77.8 cm³/mol. The highest BCUT2D eigenvalue weighted by Gasteiger charge is 2.31. The first-order valence-electron chi connectivity index (χ1n) is 6.70. The zero-order chi connectivity index (χ0) is 14.8. The van der Waals surface area contributed by atoms with Gasteiger partial charge in [0.05, 0.1) is 17.3 Å². The van der Waals surface area contributed by atoms with Crippen LogP contribution < -0.4 is 0 Å². The van der Waals surface area contributed by atoms with Gasteiger partial charge in [0.1, 0.15) is 0 Å². The number of carbonyl (C=O) groups is 1. The van der Waals surface area contributed by atoms with E-state index in [1.807, 2.05) is 63.4 Å². The Bertz CT molecular complexity index is 582. The molecule has 0 spiro atoms. The van der Waals surface area contributed by atoms with E-state index in [1.165, 1.54) is 0 Å². The Morgan fingerprint density at radius 2 is 1.90 bits per heavy atom. The van der Waals surface area contributed by atoms with Gasteiger partial charge < -0.3 is 5.11 Å². The first-order chi connectivity index (χ1) is 9.38. The fourth-order valence-electron chi connectivity index (χ4n) is 2.17. The number of aromatic nitrogens is 2. The van der Waals surface area contributed by atoms with Crippen molar-refractivity contribution >= 4 is 5.97 Å². The van der Waals surface area contributed by atoms with Gasteiger partial charge in [0, 0.05) is 12.6 Å². The monoisotopic (exact) mass is 272 g/mol. The molecule has 1 unspecified atom stereocenters. The van der Waals surface area contributed by atoms with Gasteiger partial charge in [-0.05, 0) is 23.6 Å². The fraction of sp³-hybridized carbons (Fsp3) is 0.375. The molecule has 1 aromatic heterocycles. The van der Waals surface area contributed by atoms with E-state index >= 15 is 0 Å². The average molecular weight is 272 g/mol. The smallest absolute Gasteiger partial charge is 0.307 e. The minimum atomic E-state index is -0.772. The molecule has 0 radical (unpaired) electrons. The van der Waals surface area contributed by atoms with Gasteiger partial charge in [-0.1, -0.05) is 39.0 Å². The van der Waals surface area contributed by atoms with Crippen LogP contribution >= 0.6 is 0 Å². The molecule has 1 atom stereocenters. The second-order valence-corrected chi connectivity index (χ2v) is 6.05. The maximum Gasteiger partial charge on any atom is 0.307 e. The number of aliphatic carboxylic acids is 1. The summed E-state index contributed by atoms with van der Waals surface area (Å²) in [5.41, 5.74) is 1.49. The zero-order valence-electron chi connectivity index (χ0n) is 12.1. The van der Waals surface area contributed by atoms with E-state index in [1.54, 1.807) is 4.68 Å². The topological polar surface area (TPSA) is 55.1 Å². The van der Waals surface area contributed by atoms with Crippen molar-refractivity contribution < 1.29 is 9.90 Å². The minimum absolute atomic E-state index is 0.289. The Balaban J connectivity index is 2.19. The molecule has 0 aliphatic rings. The summed E-state index contributed by atoms with van der Waals surface area (Å²) in [6, 6.07) is 11.7. The summed E-state index contributed by atoms with van der Waals surface area (Å²) >= 11 is 0. The van der Waals surface area contributed by atoms with E-state index in [0.29, 0.717) is 6.42 Å². The van der Waals surface area contributed by atoms with Gasteiger partial charge in [-0.3, -0.25) is 4.79 Å². The van der Waals surface area contributed by atoms with E-state index in [2.05, 4.69) is 5.10 Å². The lowest BCUT2D eigenvalue weighted by Gasteiger charge is -2.26. The van der Waals surface area contributed by atoms with Crippen LogP contribution in [0.1, 0.15) is 26.5 Å². The molecule has 4 heteroatoms. The van der Waals surface area contributed by atoms with Crippen molar-refractivity contribution in [2.45, 2.75) is 27.2 Å². The van der Waals surface area contributed by atoms with E-state index in [9.17, 15) is 9.90 Å². The van der Waals surface area contributed by atoms with Crippen LogP contribution in [0.4, 0.5) is 0 Å². The third-order valence-electron chi connectivity index (χ3n) is 3.42. The van der Waals surface area contributed by atoms with Gasteiger partial charge in [0.2, 0.25) is 0 Å². The number of nitrogens with zero attached hydrogens (tertiary/aromatic N) is 2. The SMILES string of the molecule is CC(C)(C)C(Cc1ccn(-c2ccccc2)n1)C(=O)O. The molecule has 2 aromatic rings. The van der Waals surface area contributed by atoms with Crippen molar-refractivity contribution in [3.05, 3.63) is 48.3 Å². The Morgan fingerprint density at radius 3 is 2.45 bits per heavy atom. The molecule has 1 aromatic carbocycles. The number of rotatable bonds is 4. The van der Waals surface area contributed by atoms with Crippen LogP contribution in [0.2, 0.25) is 0 Å². The van der Waals surface area contributed by atoms with Crippen LogP contribution in [0, 0.1) is 11.3 Å². The second-order valence-electron chi connectivity index (χ2n) is 6.05. The van der Waals surface area contributed by atoms with Crippen molar-refractivity contribution in [1.29, 1.82) is 0 Å². The van der Waals surface area contributed by atoms with Crippen LogP contribution in [0.3, 0.4) is 0 Å². The van der Waals surface area contributed by atoms with Gasteiger partial charge in [-0.15, -0.1) is 0 Å². The molecule has 0 saturated heterocycles. The summed E-state index contributed by atoms with van der Waals surface area (Å²) in [5, 5.41) is 13.8. The summed E-state index contributed by atoms with van der Waals surface area (Å²) in [6.07, 6.45) is 2.31. The van der Waals surface area contributed by atoms with Crippen LogP contribution in [0.15, 0.2) is 42.6 Å². The summed E-state index contributed by atoms with van der Waals surface area (Å²) in [5.74, 6) is -1.21. The Hall–Kier alpha value is -2.10. The fourth-order valence-corrected chi connectivity index (χ4v) is 2.17. The molecule has 0 aliphatic heterocycles. The van der Waals surface area contributed by atoms with Gasteiger partial charge in [0.15, 0.2) is 0 Å². The second kappa shape index (κ2) is 5.49. The number of carboxylic acid groups (broad SMARTS) is 1. The molecule has 2 rings (SSSR count). The summed E-state index contributed by atoms with van der Waals surface area (Å²) in [6.45, 7) is 5.83. The molecule has 20 heavy (non-hydrogen) atoms. The van der Waals surface area contributed by atoms with Crippen LogP contribution in [-0.2, 0) is 11.2 Å². The number of benzene rings is 1. The Morgan fingerprint density at radius 1 is 1.25 bits per heavy atom. The maximum atomic E-state index is 11.4. The molecule has 0 fully saturated rings. The van der Waals surface area contributed by atoms with E-state index in [-0.39, 0.29) is 5.41 Å². The van der Waals surface area contributed by atoms with Crippen LogP contribution in [0.5, 0.6) is 0 Å². The summed E-state index contributed by atoms with van der Waals surface area (Å²) in [4.78, 5) is 11.4. The van der Waals surface area contributed by atoms with E-state index < -0.39 is 11.9 Å². The summed E-state index contributed by atoms with van der Waals surface area (Å²) < 4.78 is 1.77. The number of para-hydroxylation sites is 1. The highest BCUT2D eigenvalue weighted by Crippen LogP contribution is 2.29. The average Bonchev–Trinajstić information content (AvgIpc) is 2.84. The molecule has 0 aliphatic carbocycles. The number of hydrogen-bond donors (Lipinski definition) is 1. The quantitative estimate of drug-likeness (QED) is 0.930. The first kappa shape index (κ1) is 14.3. The molecular weight excluding hydrogens is 252 g/mol. The molecule has 106 valence electrons. The largest absolute Gasteiger partial charge is 0.481 e. The Labute approximate surface area is 119 Å². The molecule has 0 saturated carbocycles. The van der Waals surface area contributed by atoms with Gasteiger partial charge in [-0.2, -0.15) is 5.10 Å². The molecular formula is C16H20N2O2. The van der Waals surface area contributed by atoms with Gasteiger partial charge >= 0.3 is 5.97 Å². The highest BCUT2D eigenvalue weighted by molar-refractivity contribution is 5.71. The number of hydrogen-bond acceptors (Lipinski definition) is 2.